The highest BCUT2D eigenvalue weighted by Crippen LogP contribution is 2.19. The first-order chi connectivity index (χ1) is 23.4. The lowest BCUT2D eigenvalue weighted by atomic mass is 10.0. The summed E-state index contributed by atoms with van der Waals surface area (Å²) >= 11 is 0. The van der Waals surface area contributed by atoms with Crippen molar-refractivity contribution in [3.8, 4) is 0 Å². The number of aromatic amines is 1. The van der Waals surface area contributed by atoms with Crippen molar-refractivity contribution in [3.05, 3.63) is 71.9 Å². The number of rotatable bonds is 20. The highest BCUT2D eigenvalue weighted by atomic mass is 16.4. The minimum absolute atomic E-state index is 0.0280. The quantitative estimate of drug-likeness (QED) is 0.0824. The predicted molar refractivity (Wildman–Crippen MR) is 179 cm³/mol. The molecule has 0 aliphatic rings. The van der Waals surface area contributed by atoms with E-state index in [9.17, 15) is 38.7 Å². The van der Waals surface area contributed by atoms with E-state index in [0.717, 1.165) is 10.9 Å². The molecule has 2 aromatic carbocycles. The van der Waals surface area contributed by atoms with Crippen molar-refractivity contribution in [1.29, 1.82) is 0 Å². The Balaban J connectivity index is 1.80. The highest BCUT2D eigenvalue weighted by molar-refractivity contribution is 5.97. The second-order valence-corrected chi connectivity index (χ2v) is 11.7. The summed E-state index contributed by atoms with van der Waals surface area (Å²) in [7, 11) is 0. The molecule has 0 radical (unpaired) electrons. The Bertz CT molecular complexity index is 1640. The molecule has 3 aromatic rings. The summed E-state index contributed by atoms with van der Waals surface area (Å²) in [5.41, 5.74) is 12.9. The smallest absolute Gasteiger partial charge is 0.305 e. The highest BCUT2D eigenvalue weighted by Gasteiger charge is 2.32. The van der Waals surface area contributed by atoms with Crippen LogP contribution in [0.5, 0.6) is 0 Å². The Morgan fingerprint density at radius 2 is 1.35 bits per heavy atom. The van der Waals surface area contributed by atoms with E-state index in [1.807, 2.05) is 31.2 Å². The first-order valence-corrected chi connectivity index (χ1v) is 16.0. The van der Waals surface area contributed by atoms with Crippen molar-refractivity contribution in [3.63, 3.8) is 0 Å². The third kappa shape index (κ3) is 12.1. The molecule has 0 saturated heterocycles. The van der Waals surface area contributed by atoms with Gasteiger partial charge in [-0.25, -0.2) is 0 Å². The van der Waals surface area contributed by atoms with Crippen LogP contribution in [-0.2, 0) is 46.4 Å². The van der Waals surface area contributed by atoms with Gasteiger partial charge in [0.15, 0.2) is 0 Å². The van der Waals surface area contributed by atoms with Crippen LogP contribution >= 0.6 is 0 Å². The maximum absolute atomic E-state index is 13.7. The predicted octanol–water partition coefficient (Wildman–Crippen LogP) is 0.308. The molecule has 10 N–H and O–H groups in total. The van der Waals surface area contributed by atoms with E-state index in [2.05, 4.69) is 26.3 Å². The molecule has 6 amide bonds. The molecule has 1 aromatic heterocycles. The van der Waals surface area contributed by atoms with Crippen LogP contribution in [0, 0.1) is 0 Å². The average Bonchev–Trinajstić information content (AvgIpc) is 3.47. The molecule has 4 atom stereocenters. The maximum Gasteiger partial charge on any atom is 0.305 e. The molecule has 49 heavy (non-hydrogen) atoms. The third-order valence-electron chi connectivity index (χ3n) is 7.78. The maximum atomic E-state index is 13.7. The fourth-order valence-electron chi connectivity index (χ4n) is 5.18. The monoisotopic (exact) mass is 677 g/mol. The molecular weight excluding hydrogens is 634 g/mol. The molecule has 3 rings (SSSR count). The van der Waals surface area contributed by atoms with Gasteiger partial charge in [-0.05, 0) is 23.6 Å². The number of hydrogen-bond acceptors (Lipinski definition) is 7. The van der Waals surface area contributed by atoms with Gasteiger partial charge in [0.25, 0.3) is 0 Å². The van der Waals surface area contributed by atoms with Gasteiger partial charge in [0.05, 0.1) is 6.42 Å². The molecule has 1 heterocycles. The van der Waals surface area contributed by atoms with Crippen LogP contribution in [0.15, 0.2) is 60.8 Å². The third-order valence-corrected chi connectivity index (χ3v) is 7.78. The summed E-state index contributed by atoms with van der Waals surface area (Å²) in [5, 5.41) is 20.5. The number of unbranched alkanes of at least 4 members (excludes halogenated alkanes) is 1. The van der Waals surface area contributed by atoms with Gasteiger partial charge >= 0.3 is 5.97 Å². The summed E-state index contributed by atoms with van der Waals surface area (Å²) in [6.45, 7) is 1.87. The Kier molecular flexibility index (Phi) is 14.3. The molecule has 0 fully saturated rings. The number of aromatic nitrogens is 1. The van der Waals surface area contributed by atoms with E-state index < -0.39 is 72.0 Å². The van der Waals surface area contributed by atoms with Crippen LogP contribution in [0.25, 0.3) is 10.9 Å². The largest absolute Gasteiger partial charge is 0.481 e. The van der Waals surface area contributed by atoms with Crippen LogP contribution in [0.3, 0.4) is 0 Å². The minimum atomic E-state index is -1.61. The molecule has 262 valence electrons. The zero-order valence-corrected chi connectivity index (χ0v) is 27.2. The van der Waals surface area contributed by atoms with Crippen molar-refractivity contribution in [1.82, 2.24) is 26.3 Å². The number of aliphatic carboxylic acids is 1. The van der Waals surface area contributed by atoms with E-state index in [-0.39, 0.29) is 32.1 Å². The molecule has 0 aliphatic carbocycles. The summed E-state index contributed by atoms with van der Waals surface area (Å²) in [6, 6.07) is 10.9. The minimum Gasteiger partial charge on any atom is -0.481 e. The summed E-state index contributed by atoms with van der Waals surface area (Å²) in [6.07, 6.45) is 1.71. The lowest BCUT2D eigenvalue weighted by Gasteiger charge is -2.26. The van der Waals surface area contributed by atoms with Crippen molar-refractivity contribution in [2.45, 2.75) is 82.5 Å². The number of hydrogen-bond donors (Lipinski definition) is 8. The van der Waals surface area contributed by atoms with Gasteiger partial charge in [-0.3, -0.25) is 33.6 Å². The molecular formula is C34H43N7O8. The second kappa shape index (κ2) is 18.6. The van der Waals surface area contributed by atoms with Crippen molar-refractivity contribution in [2.24, 2.45) is 11.5 Å². The number of benzene rings is 2. The van der Waals surface area contributed by atoms with Gasteiger partial charge in [0.2, 0.25) is 35.4 Å². The number of carboxylic acids is 1. The molecule has 0 unspecified atom stereocenters. The number of carbonyl (C=O) groups excluding carboxylic acids is 6. The molecule has 0 saturated carbocycles. The number of carboxylic acid groups (broad SMARTS) is 1. The number of carbonyl (C=O) groups is 7. The van der Waals surface area contributed by atoms with E-state index in [4.69, 9.17) is 11.5 Å². The standard InChI is InChI=1S/C34H43N7O8/c1-2-3-12-24(32(47)41-27(18-30(44)45)34(49)40-25(31(36)46)16-20-9-5-4-6-10-20)39-33(48)26(38-29(43)15-14-28(35)42)17-21-19-37-23-13-8-7-11-22(21)23/h4-11,13,19,24-27,37H,2-3,12,14-18H2,1H3,(H2,35,42)(H2,36,46)(H,38,43)(H,39,48)(H,40,49)(H,41,47)(H,44,45)/t24-,25-,26-,27-/m0/s1. The summed E-state index contributed by atoms with van der Waals surface area (Å²) in [4.78, 5) is 91.4. The normalized spacial score (nSPS) is 13.3. The Morgan fingerprint density at radius 3 is 2.00 bits per heavy atom. The van der Waals surface area contributed by atoms with Crippen LogP contribution in [0.4, 0.5) is 0 Å². The number of para-hydroxylation sites is 1. The lowest BCUT2D eigenvalue weighted by molar-refractivity contribution is -0.141. The first kappa shape index (κ1) is 37.7. The van der Waals surface area contributed by atoms with E-state index in [1.54, 1.807) is 36.5 Å². The van der Waals surface area contributed by atoms with Crippen molar-refractivity contribution < 1.29 is 38.7 Å². The molecule has 15 heteroatoms. The van der Waals surface area contributed by atoms with Crippen LogP contribution in [-0.4, -0.2) is 75.7 Å². The van der Waals surface area contributed by atoms with Gasteiger partial charge in [-0.15, -0.1) is 0 Å². The molecule has 0 spiro atoms. The summed E-state index contributed by atoms with van der Waals surface area (Å²) < 4.78 is 0. The van der Waals surface area contributed by atoms with Gasteiger partial charge in [0.1, 0.15) is 24.2 Å². The Hall–Kier alpha value is -5.73. The van der Waals surface area contributed by atoms with Crippen LogP contribution < -0.4 is 32.7 Å². The van der Waals surface area contributed by atoms with Crippen LogP contribution in [0.2, 0.25) is 0 Å². The zero-order chi connectivity index (χ0) is 35.9. The number of primary amides is 2. The van der Waals surface area contributed by atoms with E-state index in [0.29, 0.717) is 24.0 Å². The first-order valence-electron chi connectivity index (χ1n) is 16.0. The SMILES string of the molecule is CCCC[C@H](NC(=O)[C@H](Cc1c[nH]c2ccccc12)NC(=O)CCC(N)=O)C(=O)N[C@@H](CC(=O)O)C(=O)N[C@@H](Cc1ccccc1)C(N)=O. The Labute approximate surface area is 282 Å². The van der Waals surface area contributed by atoms with Crippen LogP contribution in [0.1, 0.15) is 56.6 Å². The van der Waals surface area contributed by atoms with Gasteiger partial charge in [0, 0.05) is 42.8 Å². The summed E-state index contributed by atoms with van der Waals surface area (Å²) in [5.74, 6) is -6.06. The fraction of sp³-hybridized carbons (Fsp3) is 0.382. The molecule has 15 nitrogen and oxygen atoms in total. The van der Waals surface area contributed by atoms with Crippen molar-refractivity contribution in [2.75, 3.05) is 0 Å². The number of nitrogens with one attached hydrogen (secondary N) is 5. The van der Waals surface area contributed by atoms with Gasteiger partial charge in [-0.1, -0.05) is 68.3 Å². The fourth-order valence-corrected chi connectivity index (χ4v) is 5.18. The zero-order valence-electron chi connectivity index (χ0n) is 27.2. The topological polar surface area (TPSA) is 256 Å². The number of nitrogens with two attached hydrogens (primary N) is 2. The average molecular weight is 678 g/mol. The number of fused-ring (bicyclic) bond motifs is 1. The Morgan fingerprint density at radius 1 is 0.735 bits per heavy atom. The van der Waals surface area contributed by atoms with Gasteiger partial charge < -0.3 is 42.8 Å². The van der Waals surface area contributed by atoms with Gasteiger partial charge in [-0.2, -0.15) is 0 Å². The number of H-pyrrole nitrogens is 1. The van der Waals surface area contributed by atoms with E-state index >= 15 is 0 Å². The molecule has 0 aliphatic heterocycles. The van der Waals surface area contributed by atoms with Crippen molar-refractivity contribution >= 4 is 52.3 Å². The lowest BCUT2D eigenvalue weighted by Crippen LogP contribution is -2.58. The second-order valence-electron chi connectivity index (χ2n) is 11.7. The number of amides is 6. The van der Waals surface area contributed by atoms with E-state index in [1.165, 1.54) is 0 Å². The molecule has 0 bridgehead atoms.